The molecule has 0 bridgehead atoms. The third-order valence-corrected chi connectivity index (χ3v) is 4.44. The van der Waals surface area contributed by atoms with Crippen molar-refractivity contribution >= 4 is 28.7 Å². The Kier molecular flexibility index (Phi) is 4.43. The molecule has 3 atom stereocenters. The van der Waals surface area contributed by atoms with Gasteiger partial charge in [0.05, 0.1) is 27.5 Å². The predicted octanol–water partition coefficient (Wildman–Crippen LogP) is 3.08. The van der Waals surface area contributed by atoms with E-state index < -0.39 is 0 Å². The fourth-order valence-corrected chi connectivity index (χ4v) is 3.42. The first-order chi connectivity index (χ1) is 8.47. The van der Waals surface area contributed by atoms with Crippen molar-refractivity contribution in [2.24, 2.45) is 0 Å². The number of Topliss-reactive ketones (excluding diaryl/α,β-unsaturated/α-hetero) is 1. The number of hydrogen-bond donors (Lipinski definition) is 0. The molecule has 0 aromatic carbocycles. The van der Waals surface area contributed by atoms with Crippen LogP contribution in [0.25, 0.3) is 0 Å². The summed E-state index contributed by atoms with van der Waals surface area (Å²) in [6, 6.07) is 3.46. The molecule has 1 aromatic rings. The van der Waals surface area contributed by atoms with Crippen LogP contribution in [0.2, 0.25) is 4.34 Å². The van der Waals surface area contributed by atoms with E-state index in [0.29, 0.717) is 4.34 Å². The Morgan fingerprint density at radius 1 is 1.44 bits per heavy atom. The number of morpholine rings is 1. The normalized spacial score (nSPS) is 27.1. The van der Waals surface area contributed by atoms with E-state index in [1.54, 1.807) is 12.1 Å². The first kappa shape index (κ1) is 14.0. The molecule has 18 heavy (non-hydrogen) atoms. The maximum Gasteiger partial charge on any atom is 0.189 e. The van der Waals surface area contributed by atoms with E-state index >= 15 is 0 Å². The average molecular weight is 288 g/mol. The first-order valence-corrected chi connectivity index (χ1v) is 7.36. The van der Waals surface area contributed by atoms with Gasteiger partial charge in [0.1, 0.15) is 0 Å². The molecular weight excluding hydrogens is 270 g/mol. The van der Waals surface area contributed by atoms with Crippen LogP contribution < -0.4 is 0 Å². The summed E-state index contributed by atoms with van der Waals surface area (Å²) in [5.41, 5.74) is 0. The van der Waals surface area contributed by atoms with Crippen molar-refractivity contribution in [3.63, 3.8) is 0 Å². The zero-order valence-electron chi connectivity index (χ0n) is 10.9. The maximum absolute atomic E-state index is 12.3. The lowest BCUT2D eigenvalue weighted by molar-refractivity contribution is -0.0744. The predicted molar refractivity (Wildman–Crippen MR) is 74.7 cm³/mol. The second-order valence-electron chi connectivity index (χ2n) is 4.86. The second kappa shape index (κ2) is 5.70. The van der Waals surface area contributed by atoms with E-state index in [4.69, 9.17) is 16.3 Å². The van der Waals surface area contributed by atoms with Gasteiger partial charge in [0, 0.05) is 13.1 Å². The molecule has 1 aliphatic heterocycles. The molecule has 0 spiro atoms. The van der Waals surface area contributed by atoms with Gasteiger partial charge in [0.25, 0.3) is 0 Å². The van der Waals surface area contributed by atoms with Crippen LogP contribution in [0.3, 0.4) is 0 Å². The molecule has 0 saturated carbocycles. The maximum atomic E-state index is 12.3. The monoisotopic (exact) mass is 287 g/mol. The molecule has 0 amide bonds. The zero-order chi connectivity index (χ0) is 13.3. The Hall–Kier alpha value is -0.420. The Balaban J connectivity index is 2.06. The number of ether oxygens (including phenoxy) is 1. The molecule has 2 heterocycles. The molecule has 0 radical (unpaired) electrons. The molecule has 1 aliphatic rings. The number of thiophene rings is 1. The first-order valence-electron chi connectivity index (χ1n) is 6.16. The van der Waals surface area contributed by atoms with Gasteiger partial charge in [0.2, 0.25) is 0 Å². The van der Waals surface area contributed by atoms with Gasteiger partial charge in [-0.15, -0.1) is 11.3 Å². The van der Waals surface area contributed by atoms with Crippen molar-refractivity contribution < 1.29 is 9.53 Å². The minimum atomic E-state index is -0.117. The van der Waals surface area contributed by atoms with Crippen LogP contribution in [0.1, 0.15) is 30.4 Å². The lowest BCUT2D eigenvalue weighted by Crippen LogP contribution is -2.51. The third kappa shape index (κ3) is 3.12. The lowest BCUT2D eigenvalue weighted by Gasteiger charge is -2.38. The number of carbonyl (C=O) groups is 1. The topological polar surface area (TPSA) is 29.5 Å². The van der Waals surface area contributed by atoms with Crippen LogP contribution in [0.5, 0.6) is 0 Å². The Morgan fingerprint density at radius 3 is 2.56 bits per heavy atom. The fourth-order valence-electron chi connectivity index (χ4n) is 2.35. The molecule has 0 N–H and O–H groups in total. The number of carbonyl (C=O) groups excluding carboxylic acids is 1. The quantitative estimate of drug-likeness (QED) is 0.800. The Bertz CT molecular complexity index is 424. The van der Waals surface area contributed by atoms with Crippen LogP contribution in [-0.2, 0) is 4.74 Å². The highest BCUT2D eigenvalue weighted by molar-refractivity contribution is 7.18. The minimum absolute atomic E-state index is 0.117. The molecule has 3 unspecified atom stereocenters. The molecule has 1 saturated heterocycles. The molecule has 3 nitrogen and oxygen atoms in total. The van der Waals surface area contributed by atoms with Crippen LogP contribution in [0.15, 0.2) is 12.1 Å². The van der Waals surface area contributed by atoms with E-state index in [1.165, 1.54) is 11.3 Å². The van der Waals surface area contributed by atoms with E-state index in [2.05, 4.69) is 4.90 Å². The second-order valence-corrected chi connectivity index (χ2v) is 6.57. The van der Waals surface area contributed by atoms with E-state index in [0.717, 1.165) is 18.0 Å². The Morgan fingerprint density at radius 2 is 2.06 bits per heavy atom. The molecule has 2 rings (SSSR count). The SMILES string of the molecule is CC1CN(C(C)C(=O)c2ccc(Cl)s2)CC(C)O1. The van der Waals surface area contributed by atoms with E-state index in [1.807, 2.05) is 20.8 Å². The van der Waals surface area contributed by atoms with Gasteiger partial charge in [-0.3, -0.25) is 9.69 Å². The largest absolute Gasteiger partial charge is 0.373 e. The molecule has 0 aliphatic carbocycles. The van der Waals surface area contributed by atoms with Crippen LogP contribution in [-0.4, -0.2) is 42.0 Å². The highest BCUT2D eigenvalue weighted by atomic mass is 35.5. The summed E-state index contributed by atoms with van der Waals surface area (Å²) in [7, 11) is 0. The van der Waals surface area contributed by atoms with Gasteiger partial charge in [-0.2, -0.15) is 0 Å². The van der Waals surface area contributed by atoms with Crippen LogP contribution in [0, 0.1) is 0 Å². The summed E-state index contributed by atoms with van der Waals surface area (Å²) in [6.07, 6.45) is 0.354. The van der Waals surface area contributed by atoms with Gasteiger partial charge in [-0.25, -0.2) is 0 Å². The van der Waals surface area contributed by atoms with Crippen LogP contribution in [0.4, 0.5) is 0 Å². The number of ketones is 1. The number of halogens is 1. The third-order valence-electron chi connectivity index (χ3n) is 3.19. The smallest absolute Gasteiger partial charge is 0.189 e. The molecule has 1 aromatic heterocycles. The van der Waals surface area contributed by atoms with Crippen molar-refractivity contribution in [2.75, 3.05) is 13.1 Å². The summed E-state index contributed by atoms with van der Waals surface area (Å²) in [5.74, 6) is 0.146. The summed E-state index contributed by atoms with van der Waals surface area (Å²) in [6.45, 7) is 7.65. The van der Waals surface area contributed by atoms with Crippen molar-refractivity contribution in [2.45, 2.75) is 39.0 Å². The van der Waals surface area contributed by atoms with Crippen molar-refractivity contribution in [1.82, 2.24) is 4.90 Å². The van der Waals surface area contributed by atoms with Crippen molar-refractivity contribution in [3.05, 3.63) is 21.3 Å². The Labute approximate surface area is 117 Å². The minimum Gasteiger partial charge on any atom is -0.373 e. The lowest BCUT2D eigenvalue weighted by atomic mass is 10.1. The van der Waals surface area contributed by atoms with E-state index in [9.17, 15) is 4.79 Å². The summed E-state index contributed by atoms with van der Waals surface area (Å²) < 4.78 is 6.35. The zero-order valence-corrected chi connectivity index (χ0v) is 12.4. The highest BCUT2D eigenvalue weighted by Gasteiger charge is 2.30. The fraction of sp³-hybridized carbons (Fsp3) is 0.615. The standard InChI is InChI=1S/C13H18ClNO2S/c1-8-6-15(7-9(2)17-8)10(3)13(16)11-4-5-12(14)18-11/h4-5,8-10H,6-7H2,1-3H3. The number of rotatable bonds is 3. The van der Waals surface area contributed by atoms with Crippen molar-refractivity contribution in [3.8, 4) is 0 Å². The molecular formula is C13H18ClNO2S. The highest BCUT2D eigenvalue weighted by Crippen LogP contribution is 2.24. The van der Waals surface area contributed by atoms with Gasteiger partial charge in [-0.1, -0.05) is 11.6 Å². The van der Waals surface area contributed by atoms with Crippen LogP contribution >= 0.6 is 22.9 Å². The van der Waals surface area contributed by atoms with Gasteiger partial charge in [-0.05, 0) is 32.9 Å². The number of nitrogens with zero attached hydrogens (tertiary/aromatic N) is 1. The summed E-state index contributed by atoms with van der Waals surface area (Å²) in [4.78, 5) is 15.3. The van der Waals surface area contributed by atoms with Gasteiger partial charge in [0.15, 0.2) is 5.78 Å². The van der Waals surface area contributed by atoms with Gasteiger partial charge >= 0.3 is 0 Å². The summed E-state index contributed by atoms with van der Waals surface area (Å²) >= 11 is 7.22. The molecule has 1 fully saturated rings. The molecule has 100 valence electrons. The average Bonchev–Trinajstić information content (AvgIpc) is 2.72. The van der Waals surface area contributed by atoms with E-state index in [-0.39, 0.29) is 24.0 Å². The van der Waals surface area contributed by atoms with Crippen molar-refractivity contribution in [1.29, 1.82) is 0 Å². The number of hydrogen-bond acceptors (Lipinski definition) is 4. The van der Waals surface area contributed by atoms with Gasteiger partial charge < -0.3 is 4.74 Å². The summed E-state index contributed by atoms with van der Waals surface area (Å²) in [5, 5.41) is 0. The molecule has 5 heteroatoms.